The number of nitrogens with zero attached hydrogens (tertiary/aromatic N) is 1. The number of benzene rings is 1. The second kappa shape index (κ2) is 10.4. The normalized spacial score (nSPS) is 18.5. The molecule has 3 rings (SSSR count). The maximum atomic E-state index is 12.4. The van der Waals surface area contributed by atoms with Crippen molar-refractivity contribution in [2.24, 2.45) is 0 Å². The molecule has 1 amide bonds. The number of hydrogen-bond donors (Lipinski definition) is 2. The van der Waals surface area contributed by atoms with E-state index in [0.29, 0.717) is 34.6 Å². The zero-order chi connectivity index (χ0) is 22.4. The monoisotopic (exact) mass is 429 g/mol. The first kappa shape index (κ1) is 22.8. The third-order valence-electron chi connectivity index (χ3n) is 5.44. The number of carbonyl (C=O) groups is 2. The van der Waals surface area contributed by atoms with E-state index in [1.807, 2.05) is 25.1 Å². The number of anilines is 1. The second-order valence-electron chi connectivity index (χ2n) is 7.65. The third-order valence-corrected chi connectivity index (χ3v) is 5.44. The third kappa shape index (κ3) is 5.44. The van der Waals surface area contributed by atoms with E-state index >= 15 is 0 Å². The van der Waals surface area contributed by atoms with Gasteiger partial charge in [0.05, 0.1) is 35.0 Å². The van der Waals surface area contributed by atoms with Gasteiger partial charge in [-0.05, 0) is 58.6 Å². The Morgan fingerprint density at radius 1 is 1.16 bits per heavy atom. The van der Waals surface area contributed by atoms with Crippen molar-refractivity contribution in [3.05, 3.63) is 29.5 Å². The van der Waals surface area contributed by atoms with Crippen LogP contribution in [0, 0.1) is 6.92 Å². The molecule has 0 atom stereocenters. The molecule has 0 bridgehead atoms. The summed E-state index contributed by atoms with van der Waals surface area (Å²) in [4.78, 5) is 28.8. The Bertz CT molecular complexity index is 938. The van der Waals surface area contributed by atoms with Crippen LogP contribution in [0.5, 0.6) is 5.75 Å². The molecule has 8 nitrogen and oxygen atoms in total. The summed E-state index contributed by atoms with van der Waals surface area (Å²) in [6.07, 6.45) is 3.26. The van der Waals surface area contributed by atoms with E-state index in [2.05, 4.69) is 10.3 Å². The van der Waals surface area contributed by atoms with Gasteiger partial charge in [0.1, 0.15) is 17.9 Å². The van der Waals surface area contributed by atoms with Crippen molar-refractivity contribution in [2.75, 3.05) is 25.6 Å². The number of carbonyl (C=O) groups excluding carboxylic acids is 2. The Morgan fingerprint density at radius 3 is 2.58 bits per heavy atom. The molecule has 31 heavy (non-hydrogen) atoms. The number of amides is 1. The van der Waals surface area contributed by atoms with Gasteiger partial charge in [-0.15, -0.1) is 0 Å². The second-order valence-corrected chi connectivity index (χ2v) is 7.65. The lowest BCUT2D eigenvalue weighted by molar-refractivity contribution is -0.126. The highest BCUT2D eigenvalue weighted by Crippen LogP contribution is 2.35. The fraction of sp³-hybridized carbons (Fsp3) is 0.522. The fourth-order valence-electron chi connectivity index (χ4n) is 3.97. The van der Waals surface area contributed by atoms with Crippen LogP contribution in [0.1, 0.15) is 55.6 Å². The number of hydrogen-bond acceptors (Lipinski definition) is 7. The van der Waals surface area contributed by atoms with Crippen LogP contribution in [0.25, 0.3) is 10.9 Å². The first-order valence-corrected chi connectivity index (χ1v) is 10.8. The number of rotatable bonds is 8. The van der Waals surface area contributed by atoms with Gasteiger partial charge in [0.2, 0.25) is 5.91 Å². The van der Waals surface area contributed by atoms with E-state index in [1.54, 1.807) is 13.8 Å². The lowest BCUT2D eigenvalue weighted by Gasteiger charge is -2.30. The molecular formula is C23H31N3O5. The zero-order valence-electron chi connectivity index (χ0n) is 18.4. The van der Waals surface area contributed by atoms with Crippen LogP contribution in [0.3, 0.4) is 0 Å². The number of fused-ring (bicyclic) bond motifs is 1. The van der Waals surface area contributed by atoms with Crippen LogP contribution >= 0.6 is 0 Å². The predicted molar refractivity (Wildman–Crippen MR) is 118 cm³/mol. The Balaban J connectivity index is 1.73. The number of aromatic nitrogens is 1. The highest BCUT2D eigenvalue weighted by atomic mass is 16.5. The number of nitrogens with two attached hydrogens (primary N) is 1. The Labute approximate surface area is 182 Å². The van der Waals surface area contributed by atoms with Crippen LogP contribution in [-0.2, 0) is 14.3 Å². The molecule has 3 N–H and O–H groups in total. The van der Waals surface area contributed by atoms with Gasteiger partial charge in [-0.1, -0.05) is 6.07 Å². The number of aryl methyl sites for hydroxylation is 1. The summed E-state index contributed by atoms with van der Waals surface area (Å²) in [5.74, 6) is 0.0443. The van der Waals surface area contributed by atoms with Gasteiger partial charge in [0, 0.05) is 12.6 Å². The van der Waals surface area contributed by atoms with E-state index < -0.39 is 5.97 Å². The van der Waals surface area contributed by atoms with Gasteiger partial charge < -0.3 is 25.3 Å². The predicted octanol–water partition coefficient (Wildman–Crippen LogP) is 3.14. The Hall–Kier alpha value is -2.87. The molecule has 1 heterocycles. The SMILES string of the molecule is CCOCC(=O)N[C@H]1CC[C@H](Oc2cccc3nc(C)c(C(=O)OCC)c(N)c23)CC1. The Morgan fingerprint density at radius 2 is 1.90 bits per heavy atom. The van der Waals surface area contributed by atoms with Gasteiger partial charge in [0.15, 0.2) is 0 Å². The Kier molecular flexibility index (Phi) is 7.68. The largest absolute Gasteiger partial charge is 0.490 e. The molecule has 2 aromatic rings. The smallest absolute Gasteiger partial charge is 0.342 e. The molecule has 1 aromatic heterocycles. The summed E-state index contributed by atoms with van der Waals surface area (Å²) >= 11 is 0. The molecule has 0 aliphatic heterocycles. The molecule has 0 spiro atoms. The molecule has 1 aliphatic carbocycles. The van der Waals surface area contributed by atoms with Crippen LogP contribution in [0.4, 0.5) is 5.69 Å². The van der Waals surface area contributed by atoms with Gasteiger partial charge in [-0.3, -0.25) is 9.78 Å². The molecule has 0 unspecified atom stereocenters. The molecule has 8 heteroatoms. The lowest BCUT2D eigenvalue weighted by atomic mass is 9.93. The minimum Gasteiger partial charge on any atom is -0.490 e. The number of esters is 1. The number of nitrogens with one attached hydrogen (secondary N) is 1. The van der Waals surface area contributed by atoms with E-state index in [-0.39, 0.29) is 36.8 Å². The van der Waals surface area contributed by atoms with E-state index in [0.717, 1.165) is 25.7 Å². The summed E-state index contributed by atoms with van der Waals surface area (Å²) in [6, 6.07) is 5.70. The molecule has 0 radical (unpaired) electrons. The first-order valence-electron chi connectivity index (χ1n) is 10.8. The van der Waals surface area contributed by atoms with Crippen molar-refractivity contribution in [1.82, 2.24) is 10.3 Å². The highest BCUT2D eigenvalue weighted by Gasteiger charge is 2.26. The molecule has 1 aliphatic rings. The maximum absolute atomic E-state index is 12.4. The first-order chi connectivity index (χ1) is 14.9. The van der Waals surface area contributed by atoms with Crippen molar-refractivity contribution >= 4 is 28.5 Å². The molecule has 0 saturated heterocycles. The van der Waals surface area contributed by atoms with Crippen molar-refractivity contribution in [1.29, 1.82) is 0 Å². The number of pyridine rings is 1. The lowest BCUT2D eigenvalue weighted by Crippen LogP contribution is -2.41. The molecule has 1 saturated carbocycles. The fourth-order valence-corrected chi connectivity index (χ4v) is 3.97. The van der Waals surface area contributed by atoms with Crippen molar-refractivity contribution in [3.8, 4) is 5.75 Å². The average Bonchev–Trinajstić information content (AvgIpc) is 2.73. The summed E-state index contributed by atoms with van der Waals surface area (Å²) in [7, 11) is 0. The quantitative estimate of drug-likeness (QED) is 0.620. The zero-order valence-corrected chi connectivity index (χ0v) is 18.4. The molecule has 168 valence electrons. The minimum absolute atomic E-state index is 0.00242. The molecule has 1 fully saturated rings. The molecule has 1 aromatic carbocycles. The number of nitrogen functional groups attached to an aromatic ring is 1. The van der Waals surface area contributed by atoms with Gasteiger partial charge in [-0.25, -0.2) is 4.79 Å². The standard InChI is InChI=1S/C23H31N3O5/c1-4-29-13-19(27)26-15-9-11-16(12-10-15)31-18-8-6-7-17-21(18)22(24)20(14(3)25-17)23(28)30-5-2/h6-8,15-16H,4-5,9-13H2,1-3H3,(H2,24,25)(H,26,27)/t15-,16-. The topological polar surface area (TPSA) is 113 Å². The average molecular weight is 430 g/mol. The van der Waals surface area contributed by atoms with Crippen molar-refractivity contribution in [2.45, 2.75) is 58.6 Å². The van der Waals surface area contributed by atoms with Crippen LogP contribution in [-0.4, -0.2) is 48.8 Å². The van der Waals surface area contributed by atoms with E-state index in [1.165, 1.54) is 0 Å². The summed E-state index contributed by atoms with van der Waals surface area (Å²) in [5, 5.41) is 3.64. The molecular weight excluding hydrogens is 398 g/mol. The van der Waals surface area contributed by atoms with Gasteiger partial charge in [-0.2, -0.15) is 0 Å². The summed E-state index contributed by atoms with van der Waals surface area (Å²) in [6.45, 7) is 6.24. The maximum Gasteiger partial charge on any atom is 0.342 e. The van der Waals surface area contributed by atoms with E-state index in [4.69, 9.17) is 19.9 Å². The summed E-state index contributed by atoms with van der Waals surface area (Å²) in [5.41, 5.74) is 8.21. The van der Waals surface area contributed by atoms with Gasteiger partial charge >= 0.3 is 5.97 Å². The van der Waals surface area contributed by atoms with Crippen molar-refractivity contribution in [3.63, 3.8) is 0 Å². The van der Waals surface area contributed by atoms with Crippen LogP contribution in [0.2, 0.25) is 0 Å². The minimum atomic E-state index is -0.481. The van der Waals surface area contributed by atoms with E-state index in [9.17, 15) is 9.59 Å². The highest BCUT2D eigenvalue weighted by molar-refractivity contribution is 6.07. The van der Waals surface area contributed by atoms with Crippen LogP contribution in [0.15, 0.2) is 18.2 Å². The van der Waals surface area contributed by atoms with Gasteiger partial charge in [0.25, 0.3) is 0 Å². The van der Waals surface area contributed by atoms with Crippen LogP contribution < -0.4 is 15.8 Å². The number of ether oxygens (including phenoxy) is 3. The summed E-state index contributed by atoms with van der Waals surface area (Å²) < 4.78 is 16.6. The van der Waals surface area contributed by atoms with Crippen molar-refractivity contribution < 1.29 is 23.8 Å².